The number of rotatable bonds is 5. The van der Waals surface area contributed by atoms with Gasteiger partial charge in [0.2, 0.25) is 5.91 Å². The topological polar surface area (TPSA) is 49.4 Å². The summed E-state index contributed by atoms with van der Waals surface area (Å²) in [4.78, 5) is 26.3. The van der Waals surface area contributed by atoms with Gasteiger partial charge in [-0.2, -0.15) is 0 Å². The van der Waals surface area contributed by atoms with Crippen molar-refractivity contribution in [2.24, 2.45) is 0 Å². The fourth-order valence-electron chi connectivity index (χ4n) is 4.22. The molecule has 3 rings (SSSR count). The van der Waals surface area contributed by atoms with Crippen LogP contribution in [-0.2, 0) is 11.2 Å². The normalized spacial score (nSPS) is 14.1. The number of aryl methyl sites for hydroxylation is 2. The van der Waals surface area contributed by atoms with Gasteiger partial charge >= 0.3 is 0 Å². The van der Waals surface area contributed by atoms with Crippen LogP contribution in [0.4, 0.5) is 5.69 Å². The van der Waals surface area contributed by atoms with Gasteiger partial charge in [-0.25, -0.2) is 0 Å². The zero-order valence-electron chi connectivity index (χ0n) is 17.3. The highest BCUT2D eigenvalue weighted by molar-refractivity contribution is 5.95. The van der Waals surface area contributed by atoms with Crippen LogP contribution in [0.25, 0.3) is 0 Å². The lowest BCUT2D eigenvalue weighted by molar-refractivity contribution is -0.117. The zero-order valence-corrected chi connectivity index (χ0v) is 17.3. The minimum absolute atomic E-state index is 0.0555. The van der Waals surface area contributed by atoms with Crippen molar-refractivity contribution < 1.29 is 9.59 Å². The molecule has 28 heavy (non-hydrogen) atoms. The molecule has 4 heteroatoms. The van der Waals surface area contributed by atoms with Crippen molar-refractivity contribution in [1.29, 1.82) is 0 Å². The molecule has 0 spiro atoms. The van der Waals surface area contributed by atoms with Gasteiger partial charge in [0.05, 0.1) is 0 Å². The molecule has 1 saturated carbocycles. The minimum Gasteiger partial charge on any atom is -0.355 e. The summed E-state index contributed by atoms with van der Waals surface area (Å²) >= 11 is 0. The van der Waals surface area contributed by atoms with Gasteiger partial charge in [0.15, 0.2) is 0 Å². The number of hydrogen-bond donors (Lipinski definition) is 1. The predicted octanol–water partition coefficient (Wildman–Crippen LogP) is 4.55. The van der Waals surface area contributed by atoms with Gasteiger partial charge in [-0.15, -0.1) is 0 Å². The summed E-state index contributed by atoms with van der Waals surface area (Å²) < 4.78 is 0. The molecule has 4 nitrogen and oxygen atoms in total. The highest BCUT2D eigenvalue weighted by Crippen LogP contribution is 2.30. The number of nitrogens with one attached hydrogen (secondary N) is 1. The molecule has 2 aromatic carbocycles. The summed E-state index contributed by atoms with van der Waals surface area (Å²) in [5.74, 6) is 0.0629. The van der Waals surface area contributed by atoms with Gasteiger partial charge in [-0.3, -0.25) is 9.59 Å². The molecule has 1 N–H and O–H groups in total. The van der Waals surface area contributed by atoms with Crippen LogP contribution in [0.3, 0.4) is 0 Å². The van der Waals surface area contributed by atoms with Crippen molar-refractivity contribution in [3.63, 3.8) is 0 Å². The Morgan fingerprint density at radius 2 is 1.75 bits per heavy atom. The van der Waals surface area contributed by atoms with Gasteiger partial charge in [-0.05, 0) is 73.6 Å². The van der Waals surface area contributed by atoms with E-state index < -0.39 is 0 Å². The molecule has 148 valence electrons. The van der Waals surface area contributed by atoms with E-state index in [9.17, 15) is 9.59 Å². The molecular formula is C24H30N2O2. The molecule has 1 fully saturated rings. The Bertz CT molecular complexity index is 882. The maximum Gasteiger partial charge on any atom is 0.251 e. The average Bonchev–Trinajstić information content (AvgIpc) is 3.18. The van der Waals surface area contributed by atoms with Crippen LogP contribution in [0.2, 0.25) is 0 Å². The largest absolute Gasteiger partial charge is 0.355 e. The van der Waals surface area contributed by atoms with E-state index >= 15 is 0 Å². The number of carbonyl (C=O) groups is 2. The third-order valence-electron chi connectivity index (χ3n) is 5.80. The smallest absolute Gasteiger partial charge is 0.251 e. The van der Waals surface area contributed by atoms with Crippen LogP contribution in [0.15, 0.2) is 36.4 Å². The maximum absolute atomic E-state index is 12.3. The summed E-state index contributed by atoms with van der Waals surface area (Å²) in [5, 5.41) is 2.71. The van der Waals surface area contributed by atoms with E-state index in [0.717, 1.165) is 41.6 Å². The molecule has 0 radical (unpaired) electrons. The second-order valence-electron chi connectivity index (χ2n) is 7.84. The molecule has 0 heterocycles. The zero-order chi connectivity index (χ0) is 20.3. The highest BCUT2D eigenvalue weighted by atomic mass is 16.2. The number of benzene rings is 2. The molecule has 0 bridgehead atoms. The van der Waals surface area contributed by atoms with Crippen LogP contribution in [0.1, 0.15) is 65.2 Å². The van der Waals surface area contributed by atoms with E-state index in [4.69, 9.17) is 0 Å². The maximum atomic E-state index is 12.3. The predicted molar refractivity (Wildman–Crippen MR) is 114 cm³/mol. The van der Waals surface area contributed by atoms with Crippen LogP contribution in [-0.4, -0.2) is 24.9 Å². The highest BCUT2D eigenvalue weighted by Gasteiger charge is 2.26. The lowest BCUT2D eigenvalue weighted by Crippen LogP contribution is -2.37. The van der Waals surface area contributed by atoms with Crippen molar-refractivity contribution in [3.05, 3.63) is 64.2 Å². The average molecular weight is 379 g/mol. The van der Waals surface area contributed by atoms with Gasteiger partial charge in [-0.1, -0.05) is 31.0 Å². The Morgan fingerprint density at radius 3 is 2.36 bits per heavy atom. The lowest BCUT2D eigenvalue weighted by atomic mass is 9.96. The summed E-state index contributed by atoms with van der Waals surface area (Å²) in [5.41, 5.74) is 6.19. The minimum atomic E-state index is -0.0555. The summed E-state index contributed by atoms with van der Waals surface area (Å²) in [6.45, 7) is 5.71. The van der Waals surface area contributed by atoms with E-state index in [-0.39, 0.29) is 11.8 Å². The molecule has 1 aliphatic rings. The monoisotopic (exact) mass is 378 g/mol. The van der Waals surface area contributed by atoms with Crippen molar-refractivity contribution in [2.45, 2.75) is 58.9 Å². The summed E-state index contributed by atoms with van der Waals surface area (Å²) in [6, 6.07) is 12.7. The number of hydrogen-bond acceptors (Lipinski definition) is 2. The van der Waals surface area contributed by atoms with Crippen LogP contribution in [0.5, 0.6) is 0 Å². The van der Waals surface area contributed by atoms with E-state index in [1.807, 2.05) is 24.0 Å². The van der Waals surface area contributed by atoms with Crippen LogP contribution >= 0.6 is 0 Å². The Kier molecular flexibility index (Phi) is 6.18. The SMILES string of the molecule is CNC(=O)c1cc(Cc2ccc(N(C(C)=O)C3CCCC3)cc2C)ccc1C. The summed E-state index contributed by atoms with van der Waals surface area (Å²) in [7, 11) is 1.66. The fourth-order valence-corrected chi connectivity index (χ4v) is 4.22. The molecule has 1 aliphatic carbocycles. The van der Waals surface area contributed by atoms with Gasteiger partial charge in [0, 0.05) is 31.3 Å². The second-order valence-corrected chi connectivity index (χ2v) is 7.84. The molecule has 0 saturated heterocycles. The van der Waals surface area contributed by atoms with Gasteiger partial charge in [0.25, 0.3) is 5.91 Å². The first-order valence-electron chi connectivity index (χ1n) is 10.1. The molecular weight excluding hydrogens is 348 g/mol. The lowest BCUT2D eigenvalue weighted by Gasteiger charge is -2.28. The Morgan fingerprint density at radius 1 is 1.04 bits per heavy atom. The van der Waals surface area contributed by atoms with Crippen molar-refractivity contribution >= 4 is 17.5 Å². The Labute approximate surface area is 167 Å². The second kappa shape index (κ2) is 8.59. The first-order chi connectivity index (χ1) is 13.4. The Hall–Kier alpha value is -2.62. The van der Waals surface area contributed by atoms with Crippen molar-refractivity contribution in [2.75, 3.05) is 11.9 Å². The summed E-state index contributed by atoms with van der Waals surface area (Å²) in [6.07, 6.45) is 5.34. The number of carbonyl (C=O) groups excluding carboxylic acids is 2. The van der Waals surface area contributed by atoms with Gasteiger partial charge < -0.3 is 10.2 Å². The number of amides is 2. The van der Waals surface area contributed by atoms with E-state index in [1.165, 1.54) is 24.0 Å². The number of nitrogens with zero attached hydrogens (tertiary/aromatic N) is 1. The third kappa shape index (κ3) is 4.27. The third-order valence-corrected chi connectivity index (χ3v) is 5.80. The van der Waals surface area contributed by atoms with E-state index in [1.54, 1.807) is 14.0 Å². The van der Waals surface area contributed by atoms with Crippen molar-refractivity contribution in [3.8, 4) is 0 Å². The molecule has 0 atom stereocenters. The molecule has 0 aromatic heterocycles. The molecule has 2 aromatic rings. The van der Waals surface area contributed by atoms with E-state index in [0.29, 0.717) is 6.04 Å². The van der Waals surface area contributed by atoms with Gasteiger partial charge in [0.1, 0.15) is 0 Å². The quantitative estimate of drug-likeness (QED) is 0.830. The first-order valence-corrected chi connectivity index (χ1v) is 10.1. The number of anilines is 1. The fraction of sp³-hybridized carbons (Fsp3) is 0.417. The van der Waals surface area contributed by atoms with E-state index in [2.05, 4.69) is 36.5 Å². The van der Waals surface area contributed by atoms with Crippen LogP contribution in [0, 0.1) is 13.8 Å². The first kappa shape index (κ1) is 20.1. The molecule has 2 amide bonds. The molecule has 0 aliphatic heterocycles. The standard InChI is InChI=1S/C24H30N2O2/c1-16-9-10-19(15-23(16)24(28)25-4)14-20-11-12-22(13-17(20)2)26(18(3)27)21-7-5-6-8-21/h9-13,15,21H,5-8,14H2,1-4H3,(H,25,28). The van der Waals surface area contributed by atoms with Crippen LogP contribution < -0.4 is 10.2 Å². The van der Waals surface area contributed by atoms with Crippen molar-refractivity contribution in [1.82, 2.24) is 5.32 Å². The Balaban J connectivity index is 1.85. The molecule has 0 unspecified atom stereocenters.